The van der Waals surface area contributed by atoms with Crippen molar-refractivity contribution in [1.82, 2.24) is 10.6 Å². The van der Waals surface area contributed by atoms with E-state index in [1.165, 1.54) is 0 Å². The van der Waals surface area contributed by atoms with Crippen LogP contribution in [-0.2, 0) is 9.53 Å². The predicted octanol–water partition coefficient (Wildman–Crippen LogP) is 1.36. The zero-order valence-corrected chi connectivity index (χ0v) is 11.9. The second kappa shape index (κ2) is 6.23. The lowest BCUT2D eigenvalue weighted by Crippen LogP contribution is -2.56. The lowest BCUT2D eigenvalue weighted by atomic mass is 9.88. The van der Waals surface area contributed by atoms with Gasteiger partial charge in [0, 0.05) is 13.2 Å². The van der Waals surface area contributed by atoms with Crippen molar-refractivity contribution in [2.24, 2.45) is 5.41 Å². The van der Waals surface area contributed by atoms with E-state index in [9.17, 15) is 9.59 Å². The highest BCUT2D eigenvalue weighted by atomic mass is 16.5. The molecule has 0 aromatic carbocycles. The van der Waals surface area contributed by atoms with Gasteiger partial charge in [-0.05, 0) is 33.1 Å². The van der Waals surface area contributed by atoms with E-state index in [1.807, 2.05) is 6.92 Å². The molecule has 0 aliphatic carbocycles. The van der Waals surface area contributed by atoms with Crippen LogP contribution in [0, 0.1) is 5.41 Å². The molecule has 0 radical (unpaired) electrons. The van der Waals surface area contributed by atoms with Crippen LogP contribution in [0.25, 0.3) is 0 Å². The van der Waals surface area contributed by atoms with Crippen LogP contribution in [0.5, 0.6) is 0 Å². The summed E-state index contributed by atoms with van der Waals surface area (Å²) in [6, 6.07) is -0.339. The molecular formula is C13H24N2O4. The van der Waals surface area contributed by atoms with E-state index in [0.717, 1.165) is 19.4 Å². The van der Waals surface area contributed by atoms with E-state index in [4.69, 9.17) is 9.84 Å². The fraction of sp³-hybridized carbons (Fsp3) is 0.846. The highest BCUT2D eigenvalue weighted by Gasteiger charge is 2.33. The number of carboxylic acid groups (broad SMARTS) is 1. The van der Waals surface area contributed by atoms with Crippen LogP contribution in [0.15, 0.2) is 0 Å². The predicted molar refractivity (Wildman–Crippen MR) is 71.0 cm³/mol. The Balaban J connectivity index is 2.45. The smallest absolute Gasteiger partial charge is 0.315 e. The Morgan fingerprint density at radius 3 is 2.63 bits per heavy atom. The molecule has 110 valence electrons. The molecule has 1 aliphatic heterocycles. The third-order valence-electron chi connectivity index (χ3n) is 3.79. The van der Waals surface area contributed by atoms with Crippen molar-refractivity contribution in [2.75, 3.05) is 19.8 Å². The van der Waals surface area contributed by atoms with Crippen molar-refractivity contribution in [3.8, 4) is 0 Å². The van der Waals surface area contributed by atoms with Gasteiger partial charge in [0.1, 0.15) is 0 Å². The summed E-state index contributed by atoms with van der Waals surface area (Å²) < 4.78 is 5.35. The number of ether oxygens (including phenoxy) is 1. The van der Waals surface area contributed by atoms with Crippen LogP contribution in [0.1, 0.15) is 40.0 Å². The van der Waals surface area contributed by atoms with Gasteiger partial charge in [0.15, 0.2) is 0 Å². The minimum Gasteiger partial charge on any atom is -0.481 e. The largest absolute Gasteiger partial charge is 0.481 e. The first-order valence-electron chi connectivity index (χ1n) is 6.68. The zero-order chi connectivity index (χ0) is 14.5. The highest BCUT2D eigenvalue weighted by Crippen LogP contribution is 2.20. The number of carbonyl (C=O) groups is 2. The number of amides is 2. The number of hydrogen-bond donors (Lipinski definition) is 3. The molecule has 2 amide bonds. The lowest BCUT2D eigenvalue weighted by Gasteiger charge is -2.34. The van der Waals surface area contributed by atoms with E-state index >= 15 is 0 Å². The van der Waals surface area contributed by atoms with Crippen molar-refractivity contribution in [3.05, 3.63) is 0 Å². The quantitative estimate of drug-likeness (QED) is 0.705. The average Bonchev–Trinajstić information content (AvgIpc) is 2.36. The molecular weight excluding hydrogens is 248 g/mol. The molecule has 0 aromatic rings. The molecule has 0 bridgehead atoms. The molecule has 19 heavy (non-hydrogen) atoms. The van der Waals surface area contributed by atoms with Crippen LogP contribution < -0.4 is 10.6 Å². The van der Waals surface area contributed by atoms with Gasteiger partial charge in [0.2, 0.25) is 0 Å². The molecule has 3 N–H and O–H groups in total. The molecule has 0 spiro atoms. The van der Waals surface area contributed by atoms with Gasteiger partial charge in [-0.3, -0.25) is 4.79 Å². The summed E-state index contributed by atoms with van der Waals surface area (Å²) in [7, 11) is 0. The summed E-state index contributed by atoms with van der Waals surface area (Å²) in [5.41, 5.74) is -1.30. The summed E-state index contributed by atoms with van der Waals surface area (Å²) in [5, 5.41) is 14.6. The summed E-state index contributed by atoms with van der Waals surface area (Å²) in [6.07, 6.45) is 2.24. The molecule has 2 unspecified atom stereocenters. The van der Waals surface area contributed by atoms with Gasteiger partial charge in [-0.2, -0.15) is 0 Å². The van der Waals surface area contributed by atoms with Crippen molar-refractivity contribution < 1.29 is 19.4 Å². The number of rotatable bonds is 5. The van der Waals surface area contributed by atoms with E-state index in [0.29, 0.717) is 13.0 Å². The van der Waals surface area contributed by atoms with Crippen molar-refractivity contribution in [1.29, 1.82) is 0 Å². The number of aliphatic carboxylic acids is 1. The van der Waals surface area contributed by atoms with Gasteiger partial charge in [0.25, 0.3) is 0 Å². The highest BCUT2D eigenvalue weighted by molar-refractivity contribution is 5.78. The molecule has 1 fully saturated rings. The van der Waals surface area contributed by atoms with Crippen LogP contribution in [0.3, 0.4) is 0 Å². The maximum absolute atomic E-state index is 11.8. The van der Waals surface area contributed by atoms with E-state index in [1.54, 1.807) is 13.8 Å². The monoisotopic (exact) mass is 272 g/mol. The SMILES string of the molecule is CCC(C)(CNC(=O)NC1(C)CCCOC1)C(=O)O. The Kier molecular flexibility index (Phi) is 5.17. The third kappa shape index (κ3) is 4.38. The first-order chi connectivity index (χ1) is 8.81. The Morgan fingerprint density at radius 1 is 1.47 bits per heavy atom. The molecule has 6 heteroatoms. The molecule has 1 heterocycles. The number of hydrogen-bond acceptors (Lipinski definition) is 3. The molecule has 0 saturated carbocycles. The Morgan fingerprint density at radius 2 is 2.16 bits per heavy atom. The first-order valence-corrected chi connectivity index (χ1v) is 6.68. The maximum atomic E-state index is 11.8. The average molecular weight is 272 g/mol. The Labute approximate surface area is 113 Å². The summed E-state index contributed by atoms with van der Waals surface area (Å²) in [6.45, 7) is 6.69. The number of nitrogens with one attached hydrogen (secondary N) is 2. The second-order valence-corrected chi connectivity index (χ2v) is 5.74. The van der Waals surface area contributed by atoms with Crippen molar-refractivity contribution in [3.63, 3.8) is 0 Å². The van der Waals surface area contributed by atoms with Crippen molar-refractivity contribution >= 4 is 12.0 Å². The number of carbonyl (C=O) groups excluding carboxylic acids is 1. The second-order valence-electron chi connectivity index (χ2n) is 5.74. The number of carboxylic acids is 1. The van der Waals surface area contributed by atoms with Gasteiger partial charge in [0.05, 0.1) is 17.6 Å². The van der Waals surface area contributed by atoms with Gasteiger partial charge < -0.3 is 20.5 Å². The van der Waals surface area contributed by atoms with Crippen LogP contribution in [-0.4, -0.2) is 42.4 Å². The van der Waals surface area contributed by atoms with Gasteiger partial charge >= 0.3 is 12.0 Å². The topological polar surface area (TPSA) is 87.7 Å². The fourth-order valence-corrected chi connectivity index (χ4v) is 1.98. The number of urea groups is 1. The molecule has 1 saturated heterocycles. The van der Waals surface area contributed by atoms with E-state index < -0.39 is 11.4 Å². The minimum atomic E-state index is -0.929. The maximum Gasteiger partial charge on any atom is 0.315 e. The molecule has 1 aliphatic rings. The Hall–Kier alpha value is -1.30. The standard InChI is InChI=1S/C13H24N2O4/c1-4-12(2,10(16)17)8-14-11(18)15-13(3)6-5-7-19-9-13/h4-9H2,1-3H3,(H,16,17)(H2,14,15,18). The van der Waals surface area contributed by atoms with E-state index in [2.05, 4.69) is 10.6 Å². The molecule has 1 rings (SSSR count). The summed E-state index contributed by atoms with van der Waals surface area (Å²) >= 11 is 0. The van der Waals surface area contributed by atoms with Crippen molar-refractivity contribution in [2.45, 2.75) is 45.6 Å². The molecule has 2 atom stereocenters. The zero-order valence-electron chi connectivity index (χ0n) is 11.9. The van der Waals surface area contributed by atoms with Crippen LogP contribution in [0.2, 0.25) is 0 Å². The first kappa shape index (κ1) is 15.8. The van der Waals surface area contributed by atoms with Gasteiger partial charge in [-0.15, -0.1) is 0 Å². The fourth-order valence-electron chi connectivity index (χ4n) is 1.98. The lowest BCUT2D eigenvalue weighted by molar-refractivity contribution is -0.147. The van der Waals surface area contributed by atoms with Gasteiger partial charge in [-0.1, -0.05) is 6.92 Å². The Bertz CT molecular complexity index is 340. The van der Waals surface area contributed by atoms with E-state index in [-0.39, 0.29) is 18.1 Å². The molecule has 6 nitrogen and oxygen atoms in total. The van der Waals surface area contributed by atoms with Crippen LogP contribution in [0.4, 0.5) is 4.79 Å². The summed E-state index contributed by atoms with van der Waals surface area (Å²) in [5.74, 6) is -0.900. The van der Waals surface area contributed by atoms with Crippen LogP contribution >= 0.6 is 0 Å². The normalized spacial score (nSPS) is 26.3. The minimum absolute atomic E-state index is 0.113. The molecule has 0 aromatic heterocycles. The third-order valence-corrected chi connectivity index (χ3v) is 3.79. The summed E-state index contributed by atoms with van der Waals surface area (Å²) in [4.78, 5) is 23.0. The van der Waals surface area contributed by atoms with Gasteiger partial charge in [-0.25, -0.2) is 4.79 Å².